The van der Waals surface area contributed by atoms with Crippen molar-refractivity contribution in [1.29, 1.82) is 0 Å². The van der Waals surface area contributed by atoms with E-state index in [9.17, 15) is 4.79 Å². The number of hydrogen-bond donors (Lipinski definition) is 0. The minimum absolute atomic E-state index is 0.177. The maximum absolute atomic E-state index is 11.8. The molecule has 1 aliphatic heterocycles. The van der Waals surface area contributed by atoms with Crippen molar-refractivity contribution < 1.29 is 4.79 Å². The van der Waals surface area contributed by atoms with Crippen molar-refractivity contribution in [2.24, 2.45) is 0 Å². The van der Waals surface area contributed by atoms with E-state index >= 15 is 0 Å². The van der Waals surface area contributed by atoms with E-state index in [-0.39, 0.29) is 5.91 Å². The minimum Gasteiger partial charge on any atom is -0.338 e. The summed E-state index contributed by atoms with van der Waals surface area (Å²) in [6.45, 7) is 2.78. The number of nitrogens with zero attached hydrogens (tertiary/aromatic N) is 1. The lowest BCUT2D eigenvalue weighted by molar-refractivity contribution is -0.124. The fourth-order valence-electron chi connectivity index (χ4n) is 2.03. The molecule has 0 saturated carbocycles. The lowest BCUT2D eigenvalue weighted by atomic mass is 10.0. The molecule has 0 aliphatic carbocycles. The fourth-order valence-corrected chi connectivity index (χ4v) is 2.03. The monoisotopic (exact) mass is 201 g/mol. The molecular weight excluding hydrogens is 186 g/mol. The molecule has 2 nitrogen and oxygen atoms in total. The summed E-state index contributed by atoms with van der Waals surface area (Å²) in [7, 11) is 1.86. The zero-order valence-electron chi connectivity index (χ0n) is 9.16. The van der Waals surface area contributed by atoms with Gasteiger partial charge in [-0.3, -0.25) is 4.79 Å². The van der Waals surface area contributed by atoms with Gasteiger partial charge < -0.3 is 4.90 Å². The molecule has 2 heteroatoms. The predicted molar refractivity (Wildman–Crippen MR) is 61.3 cm³/mol. The van der Waals surface area contributed by atoms with Crippen LogP contribution in [0, 0.1) is 0 Å². The van der Waals surface area contributed by atoms with Gasteiger partial charge in [-0.25, -0.2) is 0 Å². The predicted octanol–water partition coefficient (Wildman–Crippen LogP) is 2.32. The molecular formula is C13H15NO. The van der Waals surface area contributed by atoms with Gasteiger partial charge in [0.05, 0.1) is 0 Å². The van der Waals surface area contributed by atoms with Crippen molar-refractivity contribution in [3.8, 4) is 0 Å². The lowest BCUT2D eigenvalue weighted by Crippen LogP contribution is -2.21. The Balaban J connectivity index is 2.44. The third-order valence-corrected chi connectivity index (χ3v) is 2.84. The van der Waals surface area contributed by atoms with Crippen molar-refractivity contribution in [3.63, 3.8) is 0 Å². The summed E-state index contributed by atoms with van der Waals surface area (Å²) in [5.41, 5.74) is 3.32. The van der Waals surface area contributed by atoms with Crippen LogP contribution in [0.25, 0.3) is 5.57 Å². The van der Waals surface area contributed by atoms with Crippen molar-refractivity contribution in [3.05, 3.63) is 41.5 Å². The molecule has 0 aromatic heterocycles. The highest BCUT2D eigenvalue weighted by molar-refractivity contribution is 6.05. The van der Waals surface area contributed by atoms with Gasteiger partial charge in [0, 0.05) is 19.2 Å². The quantitative estimate of drug-likeness (QED) is 0.719. The van der Waals surface area contributed by atoms with E-state index in [1.807, 2.05) is 32.2 Å². The van der Waals surface area contributed by atoms with Crippen LogP contribution >= 0.6 is 0 Å². The first kappa shape index (κ1) is 9.97. The zero-order valence-corrected chi connectivity index (χ0v) is 9.16. The molecule has 0 unspecified atom stereocenters. The Bertz CT molecular complexity index is 406. The number of amides is 1. The van der Waals surface area contributed by atoms with Gasteiger partial charge in [0.1, 0.15) is 0 Å². The third-order valence-electron chi connectivity index (χ3n) is 2.84. The number of rotatable bonds is 2. The average Bonchev–Trinajstić information content (AvgIpc) is 2.56. The molecule has 0 atom stereocenters. The number of carbonyl (C=O) groups excluding carboxylic acids is 1. The Morgan fingerprint density at radius 2 is 1.93 bits per heavy atom. The lowest BCUT2D eigenvalue weighted by Gasteiger charge is -2.08. The Labute approximate surface area is 90.2 Å². The molecule has 78 valence electrons. The second-order valence-corrected chi connectivity index (χ2v) is 3.84. The second-order valence-electron chi connectivity index (χ2n) is 3.84. The van der Waals surface area contributed by atoms with Crippen LogP contribution < -0.4 is 0 Å². The van der Waals surface area contributed by atoms with Crippen LogP contribution in [0.15, 0.2) is 35.9 Å². The first-order valence-corrected chi connectivity index (χ1v) is 5.27. The number of carbonyl (C=O) groups is 1. The highest BCUT2D eigenvalue weighted by Crippen LogP contribution is 2.28. The molecule has 2 rings (SSSR count). The van der Waals surface area contributed by atoms with Crippen molar-refractivity contribution in [2.75, 3.05) is 13.6 Å². The van der Waals surface area contributed by atoms with Gasteiger partial charge in [-0.2, -0.15) is 0 Å². The summed E-state index contributed by atoms with van der Waals surface area (Å²) >= 11 is 0. The Morgan fingerprint density at radius 1 is 1.27 bits per heavy atom. The van der Waals surface area contributed by atoms with E-state index in [0.29, 0.717) is 0 Å². The summed E-state index contributed by atoms with van der Waals surface area (Å²) in [5.74, 6) is 0.177. The number of benzene rings is 1. The highest BCUT2D eigenvalue weighted by Gasteiger charge is 2.26. The molecule has 0 saturated heterocycles. The molecule has 0 fully saturated rings. The molecule has 1 amide bonds. The van der Waals surface area contributed by atoms with Crippen molar-refractivity contribution in [2.45, 2.75) is 13.3 Å². The first-order valence-electron chi connectivity index (χ1n) is 5.27. The fraction of sp³-hybridized carbons (Fsp3) is 0.308. The van der Waals surface area contributed by atoms with Gasteiger partial charge in [0.25, 0.3) is 0 Å². The van der Waals surface area contributed by atoms with Gasteiger partial charge in [-0.15, -0.1) is 0 Å². The smallest absolute Gasteiger partial charge is 0.250 e. The molecule has 1 aromatic carbocycles. The van der Waals surface area contributed by atoms with Crippen LogP contribution in [0.1, 0.15) is 18.9 Å². The topological polar surface area (TPSA) is 20.3 Å². The first-order chi connectivity index (χ1) is 7.24. The zero-order chi connectivity index (χ0) is 10.8. The van der Waals surface area contributed by atoms with Gasteiger partial charge in [0.2, 0.25) is 5.91 Å². The van der Waals surface area contributed by atoms with Gasteiger partial charge >= 0.3 is 0 Å². The van der Waals surface area contributed by atoms with Crippen LogP contribution in [-0.2, 0) is 4.79 Å². The van der Waals surface area contributed by atoms with E-state index in [4.69, 9.17) is 0 Å². The molecule has 0 radical (unpaired) electrons. The maximum Gasteiger partial charge on any atom is 0.250 e. The molecule has 0 spiro atoms. The Hall–Kier alpha value is -1.57. The second kappa shape index (κ2) is 3.89. The molecule has 15 heavy (non-hydrogen) atoms. The van der Waals surface area contributed by atoms with Crippen LogP contribution in [0.5, 0.6) is 0 Å². The summed E-state index contributed by atoms with van der Waals surface area (Å²) in [4.78, 5) is 13.6. The summed E-state index contributed by atoms with van der Waals surface area (Å²) in [6.07, 6.45) is 0.813. The van der Waals surface area contributed by atoms with E-state index < -0.39 is 0 Å². The summed E-state index contributed by atoms with van der Waals surface area (Å²) in [6, 6.07) is 10.2. The summed E-state index contributed by atoms with van der Waals surface area (Å²) in [5, 5.41) is 0. The van der Waals surface area contributed by atoms with E-state index in [2.05, 4.69) is 12.1 Å². The maximum atomic E-state index is 11.8. The number of likely N-dealkylation sites (N-methyl/N-ethyl adjacent to an activating group) is 1. The Kier molecular flexibility index (Phi) is 2.58. The van der Waals surface area contributed by atoms with Crippen LogP contribution in [0.3, 0.4) is 0 Å². The van der Waals surface area contributed by atoms with Gasteiger partial charge in [-0.1, -0.05) is 37.3 Å². The van der Waals surface area contributed by atoms with Crippen LogP contribution in [0.4, 0.5) is 0 Å². The van der Waals surface area contributed by atoms with E-state index in [1.54, 1.807) is 4.90 Å². The molecule has 1 aliphatic rings. The van der Waals surface area contributed by atoms with Crippen molar-refractivity contribution >= 4 is 11.5 Å². The highest BCUT2D eigenvalue weighted by atomic mass is 16.2. The molecule has 1 aromatic rings. The minimum atomic E-state index is 0.177. The molecule has 0 N–H and O–H groups in total. The largest absolute Gasteiger partial charge is 0.338 e. The van der Waals surface area contributed by atoms with Gasteiger partial charge in [-0.05, 0) is 17.6 Å². The van der Waals surface area contributed by atoms with E-state index in [1.165, 1.54) is 11.1 Å². The number of hydrogen-bond acceptors (Lipinski definition) is 1. The third kappa shape index (κ3) is 1.67. The molecule has 1 heterocycles. The van der Waals surface area contributed by atoms with Gasteiger partial charge in [0.15, 0.2) is 0 Å². The summed E-state index contributed by atoms with van der Waals surface area (Å²) < 4.78 is 0. The van der Waals surface area contributed by atoms with Crippen LogP contribution in [-0.4, -0.2) is 24.4 Å². The SMILES string of the molecule is CCC1=C(c2ccccc2)CN(C)C1=O. The standard InChI is InChI=1S/C13H15NO/c1-3-11-12(9-14(2)13(11)15)10-7-5-4-6-8-10/h4-8H,3,9H2,1-2H3. The Morgan fingerprint density at radius 3 is 2.53 bits per heavy atom. The van der Waals surface area contributed by atoms with Crippen molar-refractivity contribution in [1.82, 2.24) is 4.90 Å². The van der Waals surface area contributed by atoms with Crippen LogP contribution in [0.2, 0.25) is 0 Å². The average molecular weight is 201 g/mol. The van der Waals surface area contributed by atoms with E-state index in [0.717, 1.165) is 18.5 Å². The normalized spacial score (nSPS) is 16.4. The molecule has 0 bridgehead atoms.